The van der Waals surface area contributed by atoms with E-state index in [2.05, 4.69) is 0 Å². The van der Waals surface area contributed by atoms with Gasteiger partial charge in [0.05, 0.1) is 0 Å². The summed E-state index contributed by atoms with van der Waals surface area (Å²) >= 11 is 0. The topological polar surface area (TPSA) is 0 Å². The van der Waals surface area contributed by atoms with Crippen molar-refractivity contribution >= 4 is 13.3 Å². The summed E-state index contributed by atoms with van der Waals surface area (Å²) in [4.78, 5) is 0. The van der Waals surface area contributed by atoms with Crippen LogP contribution in [0.15, 0.2) is 66.7 Å². The SMILES string of the molecule is [B]c1ccc(-c2ccc(-c3ccccc3)c(F)c2F)cc1. The second kappa shape index (κ2) is 5.53. The average Bonchev–Trinajstić information content (AvgIpc) is 2.52. The minimum Gasteiger partial charge on any atom is -0.203 e. The van der Waals surface area contributed by atoms with Gasteiger partial charge in [-0.2, -0.15) is 0 Å². The van der Waals surface area contributed by atoms with Crippen LogP contribution in [-0.2, 0) is 0 Å². The first kappa shape index (κ1) is 13.6. The molecule has 3 heteroatoms. The molecule has 21 heavy (non-hydrogen) atoms. The number of halogens is 2. The standard InChI is InChI=1S/C18H11BF2/c19-14-8-6-13(7-9-14)16-11-10-15(17(20)18(16)21)12-4-2-1-3-5-12/h1-11H. The summed E-state index contributed by atoms with van der Waals surface area (Å²) in [6.07, 6.45) is 0. The minimum absolute atomic E-state index is 0.229. The van der Waals surface area contributed by atoms with E-state index < -0.39 is 11.6 Å². The van der Waals surface area contributed by atoms with E-state index >= 15 is 0 Å². The number of rotatable bonds is 2. The number of hydrogen-bond acceptors (Lipinski definition) is 0. The van der Waals surface area contributed by atoms with Gasteiger partial charge in [-0.15, -0.1) is 0 Å². The maximum atomic E-state index is 14.3. The Bertz CT molecular complexity index is 765. The fourth-order valence-electron chi connectivity index (χ4n) is 2.28. The Hall–Kier alpha value is -2.42. The predicted molar refractivity (Wildman–Crippen MR) is 82.6 cm³/mol. The fraction of sp³-hybridized carbons (Fsp3) is 0. The Labute approximate surface area is 123 Å². The number of benzene rings is 3. The molecule has 0 fully saturated rings. The van der Waals surface area contributed by atoms with Gasteiger partial charge in [-0.1, -0.05) is 72.2 Å². The fourth-order valence-corrected chi connectivity index (χ4v) is 2.28. The molecule has 0 aliphatic carbocycles. The smallest absolute Gasteiger partial charge is 0.167 e. The Morgan fingerprint density at radius 2 is 1.05 bits per heavy atom. The zero-order valence-electron chi connectivity index (χ0n) is 11.2. The van der Waals surface area contributed by atoms with Gasteiger partial charge in [0.25, 0.3) is 0 Å². The summed E-state index contributed by atoms with van der Waals surface area (Å²) in [6, 6.07) is 18.8. The molecule has 0 heterocycles. The van der Waals surface area contributed by atoms with Gasteiger partial charge in [-0.25, -0.2) is 8.78 Å². The third-order valence-corrected chi connectivity index (χ3v) is 3.39. The zero-order chi connectivity index (χ0) is 14.8. The molecule has 0 bridgehead atoms. The van der Waals surface area contributed by atoms with E-state index in [-0.39, 0.29) is 11.1 Å². The molecule has 3 aromatic rings. The van der Waals surface area contributed by atoms with Crippen LogP contribution in [0.25, 0.3) is 22.3 Å². The summed E-state index contributed by atoms with van der Waals surface area (Å²) in [5, 5.41) is 0. The molecular formula is C18H11BF2. The van der Waals surface area contributed by atoms with Crippen molar-refractivity contribution in [2.75, 3.05) is 0 Å². The van der Waals surface area contributed by atoms with E-state index in [0.717, 1.165) is 0 Å². The third-order valence-electron chi connectivity index (χ3n) is 3.39. The van der Waals surface area contributed by atoms with Crippen LogP contribution < -0.4 is 5.46 Å². The second-order valence-electron chi connectivity index (χ2n) is 4.78. The summed E-state index contributed by atoms with van der Waals surface area (Å²) < 4.78 is 28.6. The molecule has 0 spiro atoms. The van der Waals surface area contributed by atoms with Crippen LogP contribution >= 0.6 is 0 Å². The Morgan fingerprint density at radius 3 is 1.57 bits per heavy atom. The van der Waals surface area contributed by atoms with Crippen LogP contribution in [0.4, 0.5) is 8.78 Å². The maximum Gasteiger partial charge on any atom is 0.167 e. The highest BCUT2D eigenvalue weighted by Gasteiger charge is 2.15. The molecule has 0 amide bonds. The monoisotopic (exact) mass is 276 g/mol. The molecular weight excluding hydrogens is 265 g/mol. The average molecular weight is 276 g/mol. The Morgan fingerprint density at radius 1 is 0.571 bits per heavy atom. The third kappa shape index (κ3) is 2.59. The molecule has 0 saturated heterocycles. The predicted octanol–water partition coefficient (Wildman–Crippen LogP) is 4.09. The Balaban J connectivity index is 2.11. The lowest BCUT2D eigenvalue weighted by atomic mass is 9.93. The lowest BCUT2D eigenvalue weighted by molar-refractivity contribution is 0.514. The zero-order valence-corrected chi connectivity index (χ0v) is 11.2. The molecule has 0 saturated carbocycles. The van der Waals surface area contributed by atoms with Crippen molar-refractivity contribution in [1.82, 2.24) is 0 Å². The Kier molecular flexibility index (Phi) is 3.57. The van der Waals surface area contributed by atoms with Gasteiger partial charge in [0.15, 0.2) is 11.6 Å². The van der Waals surface area contributed by atoms with E-state index in [4.69, 9.17) is 7.85 Å². The normalized spacial score (nSPS) is 10.6. The molecule has 0 nitrogen and oxygen atoms in total. The van der Waals surface area contributed by atoms with Crippen LogP contribution in [0.5, 0.6) is 0 Å². The molecule has 0 unspecified atom stereocenters. The van der Waals surface area contributed by atoms with Crippen molar-refractivity contribution in [3.05, 3.63) is 78.4 Å². The molecule has 0 aliphatic rings. The molecule has 2 radical (unpaired) electrons. The molecule has 3 rings (SSSR count). The first-order valence-corrected chi connectivity index (χ1v) is 6.56. The molecule has 3 aromatic carbocycles. The van der Waals surface area contributed by atoms with Crippen LogP contribution in [0.2, 0.25) is 0 Å². The van der Waals surface area contributed by atoms with E-state index in [1.165, 1.54) is 0 Å². The largest absolute Gasteiger partial charge is 0.203 e. The highest BCUT2D eigenvalue weighted by molar-refractivity contribution is 6.32. The van der Waals surface area contributed by atoms with Crippen molar-refractivity contribution in [2.45, 2.75) is 0 Å². The second-order valence-corrected chi connectivity index (χ2v) is 4.78. The molecule has 0 aliphatic heterocycles. The highest BCUT2D eigenvalue weighted by atomic mass is 19.2. The summed E-state index contributed by atoms with van der Waals surface area (Å²) in [5.74, 6) is -1.68. The van der Waals surface area contributed by atoms with Crippen molar-refractivity contribution in [3.63, 3.8) is 0 Å². The van der Waals surface area contributed by atoms with Crippen molar-refractivity contribution in [3.8, 4) is 22.3 Å². The maximum absolute atomic E-state index is 14.3. The van der Waals surface area contributed by atoms with Crippen molar-refractivity contribution in [2.24, 2.45) is 0 Å². The lowest BCUT2D eigenvalue weighted by Crippen LogP contribution is -2.00. The van der Waals surface area contributed by atoms with Gasteiger partial charge in [0, 0.05) is 11.1 Å². The lowest BCUT2D eigenvalue weighted by Gasteiger charge is -2.09. The number of hydrogen-bond donors (Lipinski definition) is 0. The molecule has 100 valence electrons. The summed E-state index contributed by atoms with van der Waals surface area (Å²) in [6.45, 7) is 0. The quantitative estimate of drug-likeness (QED) is 0.618. The summed E-state index contributed by atoms with van der Waals surface area (Å²) in [7, 11) is 5.60. The first-order valence-electron chi connectivity index (χ1n) is 6.56. The van der Waals surface area contributed by atoms with Gasteiger partial charge in [-0.3, -0.25) is 0 Å². The van der Waals surface area contributed by atoms with E-state index in [1.807, 2.05) is 6.07 Å². The van der Waals surface area contributed by atoms with E-state index in [1.54, 1.807) is 60.7 Å². The van der Waals surface area contributed by atoms with Gasteiger partial charge in [-0.05, 0) is 11.1 Å². The van der Waals surface area contributed by atoms with Crippen molar-refractivity contribution in [1.29, 1.82) is 0 Å². The van der Waals surface area contributed by atoms with Gasteiger partial charge >= 0.3 is 0 Å². The highest BCUT2D eigenvalue weighted by Crippen LogP contribution is 2.30. The minimum atomic E-state index is -0.846. The first-order chi connectivity index (χ1) is 10.2. The van der Waals surface area contributed by atoms with Crippen LogP contribution in [0.3, 0.4) is 0 Å². The van der Waals surface area contributed by atoms with E-state index in [9.17, 15) is 8.78 Å². The molecule has 0 N–H and O–H groups in total. The van der Waals surface area contributed by atoms with Gasteiger partial charge < -0.3 is 0 Å². The van der Waals surface area contributed by atoms with Gasteiger partial charge in [0.2, 0.25) is 0 Å². The molecule has 0 atom stereocenters. The van der Waals surface area contributed by atoms with Crippen LogP contribution in [0.1, 0.15) is 0 Å². The van der Waals surface area contributed by atoms with Gasteiger partial charge in [0.1, 0.15) is 7.85 Å². The van der Waals surface area contributed by atoms with E-state index in [0.29, 0.717) is 16.6 Å². The van der Waals surface area contributed by atoms with Crippen LogP contribution in [-0.4, -0.2) is 7.85 Å². The summed E-state index contributed by atoms with van der Waals surface area (Å²) in [5.41, 5.74) is 2.32. The van der Waals surface area contributed by atoms with Crippen molar-refractivity contribution < 1.29 is 8.78 Å². The van der Waals surface area contributed by atoms with Crippen LogP contribution in [0, 0.1) is 11.6 Å². The molecule has 0 aromatic heterocycles.